The predicted molar refractivity (Wildman–Crippen MR) is 152 cm³/mol. The van der Waals surface area contributed by atoms with Gasteiger partial charge in [-0.15, -0.1) is 11.8 Å². The maximum atomic E-state index is 13.9. The van der Waals surface area contributed by atoms with Crippen LogP contribution in [0.15, 0.2) is 46.2 Å². The number of carbonyl (C=O) groups is 1. The lowest BCUT2D eigenvalue weighted by atomic mass is 9.81. The average molecular weight is 593 g/mol. The zero-order chi connectivity index (χ0) is 28.3. The molecule has 2 aromatic carbocycles. The van der Waals surface area contributed by atoms with Crippen molar-refractivity contribution in [2.75, 3.05) is 25.1 Å². The predicted octanol–water partition coefficient (Wildman–Crippen LogP) is 8.00. The smallest absolute Gasteiger partial charge is 0.313 e. The Bertz CT molecular complexity index is 1270. The quantitative estimate of drug-likeness (QED) is 0.281. The summed E-state index contributed by atoms with van der Waals surface area (Å²) in [4.78, 5) is 15.8. The molecule has 216 valence electrons. The van der Waals surface area contributed by atoms with Crippen LogP contribution in [0.2, 0.25) is 0 Å². The van der Waals surface area contributed by atoms with Crippen molar-refractivity contribution in [2.24, 2.45) is 10.8 Å². The third kappa shape index (κ3) is 5.95. The van der Waals surface area contributed by atoms with Gasteiger partial charge in [0.05, 0.1) is 15.5 Å². The van der Waals surface area contributed by atoms with Crippen LogP contribution in [0.3, 0.4) is 0 Å². The third-order valence-corrected chi connectivity index (χ3v) is 11.3. The first-order valence-electron chi connectivity index (χ1n) is 14.0. The van der Waals surface area contributed by atoms with Gasteiger partial charge < -0.3 is 14.7 Å². The Morgan fingerprint density at radius 2 is 1.88 bits per heavy atom. The van der Waals surface area contributed by atoms with E-state index in [1.165, 1.54) is 49.8 Å². The number of nitrogens with zero attached hydrogens (tertiary/aromatic N) is 2. The topological polar surface area (TPSA) is 53.0 Å². The largest absolute Gasteiger partial charge is 0.491 e. The number of alkyl halides is 2. The number of likely N-dealkylation sites (N-methyl/N-ethyl adjacent to an activating group) is 1. The van der Waals surface area contributed by atoms with E-state index >= 15 is 0 Å². The molecule has 0 radical (unpaired) electrons. The zero-order valence-corrected chi connectivity index (χ0v) is 24.4. The van der Waals surface area contributed by atoms with Crippen LogP contribution >= 0.6 is 23.7 Å². The van der Waals surface area contributed by atoms with Crippen molar-refractivity contribution in [3.63, 3.8) is 0 Å². The van der Waals surface area contributed by atoms with Crippen LogP contribution in [0.4, 0.5) is 24.5 Å². The van der Waals surface area contributed by atoms with Gasteiger partial charge in [-0.2, -0.15) is 0 Å². The molecule has 1 aliphatic heterocycles. The number of aliphatic carboxylic acids is 1. The number of halogens is 3. The van der Waals surface area contributed by atoms with E-state index in [-0.39, 0.29) is 24.9 Å². The van der Waals surface area contributed by atoms with E-state index in [9.17, 15) is 23.1 Å². The Morgan fingerprint density at radius 1 is 1.18 bits per heavy atom. The Hall–Kier alpha value is -2.04. The van der Waals surface area contributed by atoms with Crippen molar-refractivity contribution >= 4 is 41.1 Å². The standard InChI is InChI=1S/C30H35F3N2O3S2/c1-28(32,33)8-7-21-17-35(20-5-3-19(31)4-6-20)23-13-26(39-22-15-29(16-22)9-10-29)24(14-25(23)40-34(21)2)38-18-30(11-12-30)27(36)37/h3-6,13-14,21-22H,7-12,15-18H2,1-2H3,(H,36,37). The van der Waals surface area contributed by atoms with Gasteiger partial charge in [0, 0.05) is 29.9 Å². The van der Waals surface area contributed by atoms with Gasteiger partial charge >= 0.3 is 5.97 Å². The Kier molecular flexibility index (Phi) is 7.27. The SMILES string of the molecule is CN1Sc2cc(OCC3(C(=O)O)CC3)c(SC3CC4(CC4)C3)cc2N(c2ccc(F)cc2)CC1CCC(C)(F)F. The highest BCUT2D eigenvalue weighted by molar-refractivity contribution is 8.00. The molecule has 0 amide bonds. The van der Waals surface area contributed by atoms with E-state index in [1.54, 1.807) is 23.9 Å². The van der Waals surface area contributed by atoms with E-state index in [4.69, 9.17) is 4.74 Å². The van der Waals surface area contributed by atoms with Gasteiger partial charge in [-0.05, 0) is 113 Å². The summed E-state index contributed by atoms with van der Waals surface area (Å²) < 4.78 is 49.9. The Balaban J connectivity index is 1.35. The van der Waals surface area contributed by atoms with Crippen molar-refractivity contribution in [3.05, 3.63) is 42.2 Å². The molecular weight excluding hydrogens is 557 g/mol. The summed E-state index contributed by atoms with van der Waals surface area (Å²) in [5.41, 5.74) is 1.44. The summed E-state index contributed by atoms with van der Waals surface area (Å²) in [5, 5.41) is 10.2. The molecule has 2 aromatic rings. The molecule has 1 N–H and O–H groups in total. The van der Waals surface area contributed by atoms with E-state index in [2.05, 4.69) is 11.0 Å². The summed E-state index contributed by atoms with van der Waals surface area (Å²) >= 11 is 3.28. The highest BCUT2D eigenvalue weighted by Gasteiger charge is 2.53. The summed E-state index contributed by atoms with van der Waals surface area (Å²) in [6.07, 6.45) is 6.26. The highest BCUT2D eigenvalue weighted by atomic mass is 32.2. The molecule has 3 aliphatic carbocycles. The maximum absolute atomic E-state index is 13.9. The zero-order valence-electron chi connectivity index (χ0n) is 22.8. The second-order valence-electron chi connectivity index (χ2n) is 12.3. The normalized spacial score (nSPS) is 23.3. The molecule has 1 heterocycles. The number of hydrogen-bond donors (Lipinski definition) is 1. The number of fused-ring (bicyclic) bond motifs is 1. The number of anilines is 2. The molecule has 3 fully saturated rings. The second kappa shape index (κ2) is 10.3. The Morgan fingerprint density at radius 3 is 2.48 bits per heavy atom. The van der Waals surface area contributed by atoms with Crippen LogP contribution in [0.5, 0.6) is 5.75 Å². The van der Waals surface area contributed by atoms with E-state index in [0.717, 1.165) is 28.1 Å². The molecule has 0 saturated heterocycles. The summed E-state index contributed by atoms with van der Waals surface area (Å²) in [7, 11) is 1.91. The number of carboxylic acids is 1. The number of carboxylic acid groups (broad SMARTS) is 1. The first-order valence-corrected chi connectivity index (χ1v) is 15.6. The second-order valence-corrected chi connectivity index (χ2v) is 14.8. The molecule has 5 nitrogen and oxygen atoms in total. The van der Waals surface area contributed by atoms with Crippen LogP contribution in [0, 0.1) is 16.6 Å². The van der Waals surface area contributed by atoms with Crippen LogP contribution < -0.4 is 9.64 Å². The molecule has 4 aliphatic rings. The number of rotatable bonds is 10. The number of thioether (sulfide) groups is 1. The minimum Gasteiger partial charge on any atom is -0.491 e. The van der Waals surface area contributed by atoms with Gasteiger partial charge in [0.2, 0.25) is 5.92 Å². The summed E-state index contributed by atoms with van der Waals surface area (Å²) in [6.45, 7) is 1.54. The third-order valence-electron chi connectivity index (χ3n) is 8.90. The fourth-order valence-corrected chi connectivity index (χ4v) is 8.47. The van der Waals surface area contributed by atoms with Gasteiger partial charge in [-0.25, -0.2) is 17.5 Å². The fraction of sp³-hybridized carbons (Fsp3) is 0.567. The molecule has 10 heteroatoms. The van der Waals surface area contributed by atoms with Gasteiger partial charge in [0.1, 0.15) is 23.6 Å². The lowest BCUT2D eigenvalue weighted by Gasteiger charge is -2.36. The van der Waals surface area contributed by atoms with Gasteiger partial charge in [-0.1, -0.05) is 0 Å². The molecule has 0 aromatic heterocycles. The summed E-state index contributed by atoms with van der Waals surface area (Å²) in [6, 6.07) is 10.2. The van der Waals surface area contributed by atoms with Crippen molar-refractivity contribution in [3.8, 4) is 5.75 Å². The molecule has 40 heavy (non-hydrogen) atoms. The maximum Gasteiger partial charge on any atom is 0.313 e. The monoisotopic (exact) mass is 592 g/mol. The molecule has 0 bridgehead atoms. The minimum absolute atomic E-state index is 0.125. The van der Waals surface area contributed by atoms with Crippen molar-refractivity contribution in [1.82, 2.24) is 4.31 Å². The first-order chi connectivity index (χ1) is 18.9. The minimum atomic E-state index is -2.76. The van der Waals surface area contributed by atoms with Crippen molar-refractivity contribution < 1.29 is 27.8 Å². The lowest BCUT2D eigenvalue weighted by Crippen LogP contribution is -2.36. The van der Waals surface area contributed by atoms with Crippen LogP contribution in [0.25, 0.3) is 0 Å². The molecular formula is C30H35F3N2O3S2. The molecule has 1 spiro atoms. The van der Waals surface area contributed by atoms with E-state index in [0.29, 0.717) is 42.2 Å². The van der Waals surface area contributed by atoms with Crippen LogP contribution in [0.1, 0.15) is 58.3 Å². The molecule has 1 atom stereocenters. The van der Waals surface area contributed by atoms with Crippen molar-refractivity contribution in [2.45, 2.75) is 85.3 Å². The average Bonchev–Trinajstić information content (AvgIpc) is 3.78. The molecule has 6 rings (SSSR count). The first kappa shape index (κ1) is 28.1. The van der Waals surface area contributed by atoms with E-state index in [1.807, 2.05) is 17.4 Å². The van der Waals surface area contributed by atoms with Gasteiger partial charge in [0.25, 0.3) is 0 Å². The van der Waals surface area contributed by atoms with E-state index < -0.39 is 17.3 Å². The molecule has 1 unspecified atom stereocenters. The summed E-state index contributed by atoms with van der Waals surface area (Å²) in [5.74, 6) is -3.25. The lowest BCUT2D eigenvalue weighted by molar-refractivity contribution is -0.144. The van der Waals surface area contributed by atoms with Crippen LogP contribution in [-0.2, 0) is 4.79 Å². The number of hydrogen-bond acceptors (Lipinski definition) is 6. The van der Waals surface area contributed by atoms with Gasteiger partial charge in [0.15, 0.2) is 0 Å². The highest BCUT2D eigenvalue weighted by Crippen LogP contribution is 2.65. The fourth-order valence-electron chi connectivity index (χ4n) is 5.77. The van der Waals surface area contributed by atoms with Gasteiger partial charge in [-0.3, -0.25) is 4.79 Å². The van der Waals surface area contributed by atoms with Crippen molar-refractivity contribution in [1.29, 1.82) is 0 Å². The van der Waals surface area contributed by atoms with Crippen LogP contribution in [-0.4, -0.2) is 52.8 Å². The Labute approximate surface area is 242 Å². The number of ether oxygens (including phenoxy) is 1. The molecule has 3 saturated carbocycles. The number of benzene rings is 2.